The fourth-order valence-corrected chi connectivity index (χ4v) is 1.55. The maximum atomic E-state index is 13.3. The maximum Gasteiger partial charge on any atom is 0.326 e. The molecular weight excluding hydrogens is 253 g/mol. The molecule has 1 aromatic carbocycles. The maximum absolute atomic E-state index is 13.3. The van der Waals surface area contributed by atoms with Crippen LogP contribution in [0.1, 0.15) is 12.0 Å². The zero-order valence-electron chi connectivity index (χ0n) is 10.6. The van der Waals surface area contributed by atoms with Crippen LogP contribution in [-0.4, -0.2) is 36.7 Å². The van der Waals surface area contributed by atoms with Crippen molar-refractivity contribution in [2.45, 2.75) is 18.9 Å². The van der Waals surface area contributed by atoms with Gasteiger partial charge in [0.1, 0.15) is 11.9 Å². The standard InChI is InChI=1S/C13H16FNO4/c1-19-7-6-11(13(17)18)15-12(16)8-9-4-2-3-5-10(9)14/h2-5,11H,6-8H2,1H3,(H,15,16)(H,17,18). The molecule has 0 radical (unpaired) electrons. The van der Waals surface area contributed by atoms with E-state index in [1.807, 2.05) is 0 Å². The normalized spacial score (nSPS) is 11.9. The SMILES string of the molecule is COCCC(NC(=O)Cc1ccccc1F)C(=O)O. The molecule has 0 aliphatic rings. The molecule has 5 nitrogen and oxygen atoms in total. The van der Waals surface area contributed by atoms with Crippen molar-refractivity contribution in [2.24, 2.45) is 0 Å². The number of carbonyl (C=O) groups is 2. The van der Waals surface area contributed by atoms with Crippen molar-refractivity contribution in [1.29, 1.82) is 0 Å². The predicted molar refractivity (Wildman–Crippen MR) is 66.2 cm³/mol. The van der Waals surface area contributed by atoms with Crippen molar-refractivity contribution in [1.82, 2.24) is 5.32 Å². The zero-order chi connectivity index (χ0) is 14.3. The van der Waals surface area contributed by atoms with Gasteiger partial charge in [-0.3, -0.25) is 4.79 Å². The highest BCUT2D eigenvalue weighted by Gasteiger charge is 2.20. The average Bonchev–Trinajstić information content (AvgIpc) is 2.37. The number of amides is 1. The Morgan fingerprint density at radius 2 is 2.11 bits per heavy atom. The molecule has 104 valence electrons. The molecule has 0 saturated heterocycles. The number of carboxylic acid groups (broad SMARTS) is 1. The molecule has 1 unspecified atom stereocenters. The summed E-state index contributed by atoms with van der Waals surface area (Å²) in [7, 11) is 1.44. The summed E-state index contributed by atoms with van der Waals surface area (Å²) in [6.07, 6.45) is -0.0295. The van der Waals surface area contributed by atoms with E-state index >= 15 is 0 Å². The van der Waals surface area contributed by atoms with E-state index < -0.39 is 23.7 Å². The van der Waals surface area contributed by atoms with E-state index in [4.69, 9.17) is 9.84 Å². The topological polar surface area (TPSA) is 75.6 Å². The Labute approximate surface area is 110 Å². The molecule has 0 aliphatic carbocycles. The molecule has 0 saturated carbocycles. The summed E-state index contributed by atoms with van der Waals surface area (Å²) in [4.78, 5) is 22.6. The van der Waals surface area contributed by atoms with Gasteiger partial charge in [0, 0.05) is 20.1 Å². The van der Waals surface area contributed by atoms with Crippen LogP contribution in [0.4, 0.5) is 4.39 Å². The number of nitrogens with one attached hydrogen (secondary N) is 1. The minimum Gasteiger partial charge on any atom is -0.480 e. The number of aliphatic carboxylic acids is 1. The van der Waals surface area contributed by atoms with Gasteiger partial charge in [-0.25, -0.2) is 9.18 Å². The van der Waals surface area contributed by atoms with E-state index in [1.54, 1.807) is 6.07 Å². The number of carboxylic acids is 1. The number of carbonyl (C=O) groups excluding carboxylic acids is 1. The lowest BCUT2D eigenvalue weighted by atomic mass is 10.1. The molecule has 2 N–H and O–H groups in total. The van der Waals surface area contributed by atoms with Gasteiger partial charge in [-0.1, -0.05) is 18.2 Å². The monoisotopic (exact) mass is 269 g/mol. The van der Waals surface area contributed by atoms with Crippen LogP contribution in [0.25, 0.3) is 0 Å². The van der Waals surface area contributed by atoms with Crippen LogP contribution in [0.5, 0.6) is 0 Å². The van der Waals surface area contributed by atoms with Crippen LogP contribution < -0.4 is 5.32 Å². The quantitative estimate of drug-likeness (QED) is 0.773. The van der Waals surface area contributed by atoms with Gasteiger partial charge in [-0.2, -0.15) is 0 Å². The molecular formula is C13H16FNO4. The number of benzene rings is 1. The highest BCUT2D eigenvalue weighted by molar-refractivity contribution is 5.84. The van der Waals surface area contributed by atoms with Crippen molar-refractivity contribution in [3.05, 3.63) is 35.6 Å². The molecule has 6 heteroatoms. The first-order chi connectivity index (χ1) is 9.04. The second-order valence-electron chi connectivity index (χ2n) is 4.01. The van der Waals surface area contributed by atoms with Gasteiger partial charge in [0.25, 0.3) is 0 Å². The summed E-state index contributed by atoms with van der Waals surface area (Å²) >= 11 is 0. The lowest BCUT2D eigenvalue weighted by Crippen LogP contribution is -2.42. The smallest absolute Gasteiger partial charge is 0.326 e. The minimum atomic E-state index is -1.14. The summed E-state index contributed by atoms with van der Waals surface area (Å²) < 4.78 is 18.1. The third-order valence-electron chi connectivity index (χ3n) is 2.55. The van der Waals surface area contributed by atoms with Crippen molar-refractivity contribution in [2.75, 3.05) is 13.7 Å². The Morgan fingerprint density at radius 1 is 1.42 bits per heavy atom. The fraction of sp³-hybridized carbons (Fsp3) is 0.385. The molecule has 0 spiro atoms. The Hall–Kier alpha value is -1.95. The highest BCUT2D eigenvalue weighted by Crippen LogP contribution is 2.07. The summed E-state index contributed by atoms with van der Waals surface area (Å²) in [5, 5.41) is 11.3. The van der Waals surface area contributed by atoms with E-state index in [-0.39, 0.29) is 25.0 Å². The Kier molecular flexibility index (Phi) is 5.95. The van der Waals surface area contributed by atoms with E-state index in [1.165, 1.54) is 25.3 Å². The average molecular weight is 269 g/mol. The van der Waals surface area contributed by atoms with Crippen LogP contribution in [0, 0.1) is 5.82 Å². The molecule has 1 atom stereocenters. The number of rotatable bonds is 7. The molecule has 0 fully saturated rings. The van der Waals surface area contributed by atoms with Gasteiger partial charge in [-0.05, 0) is 11.6 Å². The Bertz CT molecular complexity index is 450. The molecule has 0 aromatic heterocycles. The minimum absolute atomic E-state index is 0.162. The van der Waals surface area contributed by atoms with Crippen LogP contribution in [0.3, 0.4) is 0 Å². The summed E-state index contributed by atoms with van der Waals surface area (Å²) in [6.45, 7) is 0.219. The molecule has 0 aliphatic heterocycles. The van der Waals surface area contributed by atoms with Gasteiger partial charge in [0.15, 0.2) is 0 Å². The summed E-state index contributed by atoms with van der Waals surface area (Å²) in [6, 6.07) is 4.85. The van der Waals surface area contributed by atoms with Gasteiger partial charge < -0.3 is 15.2 Å². The predicted octanol–water partition coefficient (Wildman–Crippen LogP) is 0.974. The van der Waals surface area contributed by atoms with E-state index in [0.29, 0.717) is 0 Å². The lowest BCUT2D eigenvalue weighted by molar-refractivity contribution is -0.142. The molecule has 19 heavy (non-hydrogen) atoms. The Morgan fingerprint density at radius 3 is 2.68 bits per heavy atom. The molecule has 1 aromatic rings. The first-order valence-corrected chi connectivity index (χ1v) is 5.79. The second kappa shape index (κ2) is 7.48. The van der Waals surface area contributed by atoms with Crippen molar-refractivity contribution >= 4 is 11.9 Å². The molecule has 0 bridgehead atoms. The Balaban J connectivity index is 2.58. The number of methoxy groups -OCH3 is 1. The molecule has 0 heterocycles. The largest absolute Gasteiger partial charge is 0.480 e. The van der Waals surface area contributed by atoms with Gasteiger partial charge in [0.2, 0.25) is 5.91 Å². The number of halogens is 1. The highest BCUT2D eigenvalue weighted by atomic mass is 19.1. The summed E-state index contributed by atoms with van der Waals surface area (Å²) in [5.74, 6) is -2.16. The third-order valence-corrected chi connectivity index (χ3v) is 2.55. The second-order valence-corrected chi connectivity index (χ2v) is 4.01. The number of ether oxygens (including phenoxy) is 1. The van der Waals surface area contributed by atoms with Crippen molar-refractivity contribution in [3.63, 3.8) is 0 Å². The van der Waals surface area contributed by atoms with E-state index in [2.05, 4.69) is 5.32 Å². The summed E-state index contributed by atoms with van der Waals surface area (Å²) in [5.41, 5.74) is 0.232. The van der Waals surface area contributed by atoms with E-state index in [9.17, 15) is 14.0 Å². The van der Waals surface area contributed by atoms with Crippen molar-refractivity contribution < 1.29 is 23.8 Å². The first-order valence-electron chi connectivity index (χ1n) is 5.79. The lowest BCUT2D eigenvalue weighted by Gasteiger charge is -2.14. The first kappa shape index (κ1) is 15.1. The number of hydrogen-bond donors (Lipinski definition) is 2. The van der Waals surface area contributed by atoms with Crippen molar-refractivity contribution in [3.8, 4) is 0 Å². The number of hydrogen-bond acceptors (Lipinski definition) is 3. The van der Waals surface area contributed by atoms with Crippen LogP contribution in [0.2, 0.25) is 0 Å². The van der Waals surface area contributed by atoms with Gasteiger partial charge in [0.05, 0.1) is 6.42 Å². The van der Waals surface area contributed by atoms with Crippen LogP contribution in [0.15, 0.2) is 24.3 Å². The zero-order valence-corrected chi connectivity index (χ0v) is 10.6. The van der Waals surface area contributed by atoms with Gasteiger partial charge >= 0.3 is 5.97 Å². The molecule has 1 rings (SSSR count). The van der Waals surface area contributed by atoms with E-state index in [0.717, 1.165) is 0 Å². The molecule has 1 amide bonds. The van der Waals surface area contributed by atoms with Crippen LogP contribution >= 0.6 is 0 Å². The fourth-order valence-electron chi connectivity index (χ4n) is 1.55. The van der Waals surface area contributed by atoms with Gasteiger partial charge in [-0.15, -0.1) is 0 Å². The third kappa shape index (κ3) is 5.05. The van der Waals surface area contributed by atoms with Crippen LogP contribution in [-0.2, 0) is 20.7 Å².